The SMILES string of the molecule is CC1(C)OB(C2=CCN(C(F)C(F)F)CC2)OC1(C)C. The van der Waals surface area contributed by atoms with Crippen LogP contribution in [0.25, 0.3) is 0 Å². The molecule has 0 aromatic heterocycles. The highest BCUT2D eigenvalue weighted by molar-refractivity contribution is 6.54. The van der Waals surface area contributed by atoms with Crippen molar-refractivity contribution in [3.05, 3.63) is 11.5 Å². The fraction of sp³-hybridized carbons (Fsp3) is 0.846. The van der Waals surface area contributed by atoms with E-state index in [9.17, 15) is 13.2 Å². The van der Waals surface area contributed by atoms with E-state index in [1.807, 2.05) is 27.7 Å². The molecule has 0 bridgehead atoms. The molecule has 0 spiro atoms. The first-order valence-corrected chi connectivity index (χ1v) is 6.85. The number of halogens is 3. The number of hydrogen-bond donors (Lipinski definition) is 0. The molecule has 7 heteroatoms. The monoisotopic (exact) mass is 291 g/mol. The first kappa shape index (κ1) is 15.9. The van der Waals surface area contributed by atoms with Crippen LogP contribution in [-0.4, -0.2) is 49.0 Å². The number of rotatable bonds is 3. The molecule has 114 valence electrons. The van der Waals surface area contributed by atoms with E-state index in [-0.39, 0.29) is 13.1 Å². The van der Waals surface area contributed by atoms with Crippen LogP contribution in [0.4, 0.5) is 13.2 Å². The molecule has 0 aliphatic carbocycles. The Morgan fingerprint density at radius 3 is 2.10 bits per heavy atom. The predicted molar refractivity (Wildman–Crippen MR) is 71.3 cm³/mol. The number of alkyl halides is 3. The molecular formula is C13H21BF3NO2. The van der Waals surface area contributed by atoms with E-state index in [0.717, 1.165) is 10.4 Å². The van der Waals surface area contributed by atoms with Crippen LogP contribution in [0.5, 0.6) is 0 Å². The van der Waals surface area contributed by atoms with Gasteiger partial charge in [-0.2, -0.15) is 0 Å². The highest BCUT2D eigenvalue weighted by Crippen LogP contribution is 2.39. The van der Waals surface area contributed by atoms with Gasteiger partial charge in [-0.25, -0.2) is 13.2 Å². The van der Waals surface area contributed by atoms with Crippen molar-refractivity contribution in [1.29, 1.82) is 0 Å². The van der Waals surface area contributed by atoms with E-state index >= 15 is 0 Å². The van der Waals surface area contributed by atoms with Gasteiger partial charge in [0.05, 0.1) is 11.2 Å². The molecule has 0 aromatic rings. The van der Waals surface area contributed by atoms with Crippen LogP contribution in [0.2, 0.25) is 0 Å². The van der Waals surface area contributed by atoms with Crippen LogP contribution < -0.4 is 0 Å². The number of nitrogens with zero attached hydrogens (tertiary/aromatic N) is 1. The van der Waals surface area contributed by atoms with Gasteiger partial charge < -0.3 is 9.31 Å². The Kier molecular flexibility index (Phi) is 4.24. The van der Waals surface area contributed by atoms with Crippen molar-refractivity contribution >= 4 is 7.12 Å². The van der Waals surface area contributed by atoms with Gasteiger partial charge in [0, 0.05) is 13.1 Å². The van der Waals surface area contributed by atoms with Gasteiger partial charge in [0.1, 0.15) is 0 Å². The van der Waals surface area contributed by atoms with Crippen LogP contribution in [0.15, 0.2) is 11.5 Å². The van der Waals surface area contributed by atoms with Crippen LogP contribution in [0.1, 0.15) is 34.1 Å². The van der Waals surface area contributed by atoms with Gasteiger partial charge in [-0.1, -0.05) is 6.08 Å². The Balaban J connectivity index is 2.00. The summed E-state index contributed by atoms with van der Waals surface area (Å²) >= 11 is 0. The molecule has 0 amide bonds. The van der Waals surface area contributed by atoms with Gasteiger partial charge in [0.25, 0.3) is 6.43 Å². The number of hydrogen-bond acceptors (Lipinski definition) is 3. The zero-order chi connectivity index (χ0) is 15.1. The third kappa shape index (κ3) is 2.90. The van der Waals surface area contributed by atoms with Crippen LogP contribution >= 0.6 is 0 Å². The van der Waals surface area contributed by atoms with E-state index in [2.05, 4.69) is 0 Å². The molecule has 2 heterocycles. The topological polar surface area (TPSA) is 21.7 Å². The molecule has 2 aliphatic rings. The van der Waals surface area contributed by atoms with Crippen molar-refractivity contribution in [1.82, 2.24) is 4.90 Å². The molecule has 1 saturated heterocycles. The third-order valence-electron chi connectivity index (χ3n) is 4.39. The van der Waals surface area contributed by atoms with E-state index < -0.39 is 31.0 Å². The summed E-state index contributed by atoms with van der Waals surface area (Å²) in [6.45, 7) is 8.23. The molecule has 1 unspecified atom stereocenters. The second kappa shape index (κ2) is 5.35. The molecule has 0 N–H and O–H groups in total. The highest BCUT2D eigenvalue weighted by Gasteiger charge is 2.52. The Labute approximate surface area is 118 Å². The summed E-state index contributed by atoms with van der Waals surface area (Å²) in [5.41, 5.74) is 0.0454. The molecule has 3 nitrogen and oxygen atoms in total. The summed E-state index contributed by atoms with van der Waals surface area (Å²) < 4.78 is 49.7. The van der Waals surface area contributed by atoms with Gasteiger partial charge in [-0.3, -0.25) is 4.90 Å². The first-order chi connectivity index (χ1) is 9.14. The zero-order valence-electron chi connectivity index (χ0n) is 12.3. The van der Waals surface area contributed by atoms with Crippen molar-refractivity contribution in [2.45, 2.75) is 58.0 Å². The van der Waals surface area contributed by atoms with Crippen molar-refractivity contribution in [3.63, 3.8) is 0 Å². The molecule has 20 heavy (non-hydrogen) atoms. The predicted octanol–water partition coefficient (Wildman–Crippen LogP) is 2.81. The van der Waals surface area contributed by atoms with E-state index in [1.54, 1.807) is 6.08 Å². The highest BCUT2D eigenvalue weighted by atomic mass is 19.3. The van der Waals surface area contributed by atoms with Crippen LogP contribution in [-0.2, 0) is 9.31 Å². The lowest BCUT2D eigenvalue weighted by Crippen LogP contribution is -2.41. The minimum absolute atomic E-state index is 0.158. The minimum atomic E-state index is -2.97. The summed E-state index contributed by atoms with van der Waals surface area (Å²) in [7, 11) is -0.466. The lowest BCUT2D eigenvalue weighted by Gasteiger charge is -2.32. The van der Waals surface area contributed by atoms with Crippen molar-refractivity contribution in [3.8, 4) is 0 Å². The lowest BCUT2D eigenvalue weighted by atomic mass is 9.75. The van der Waals surface area contributed by atoms with Gasteiger partial charge >= 0.3 is 7.12 Å². The fourth-order valence-corrected chi connectivity index (χ4v) is 2.29. The molecule has 0 saturated carbocycles. The minimum Gasteiger partial charge on any atom is -0.400 e. The standard InChI is InChI=1S/C13H21BF3NO2/c1-12(2)13(3,4)20-14(19-12)9-5-7-18(8-6-9)11(17)10(15)16/h5,10-11H,6-8H2,1-4H3. The molecule has 1 atom stereocenters. The Hall–Kier alpha value is -0.525. The smallest absolute Gasteiger partial charge is 0.400 e. The van der Waals surface area contributed by atoms with Crippen LogP contribution in [0, 0.1) is 0 Å². The van der Waals surface area contributed by atoms with Gasteiger partial charge in [-0.15, -0.1) is 0 Å². The summed E-state index contributed by atoms with van der Waals surface area (Å²) in [6, 6.07) is 0. The average Bonchev–Trinajstić information content (AvgIpc) is 2.57. The third-order valence-corrected chi connectivity index (χ3v) is 4.39. The molecular weight excluding hydrogens is 270 g/mol. The quantitative estimate of drug-likeness (QED) is 0.589. The molecule has 0 radical (unpaired) electrons. The Morgan fingerprint density at radius 2 is 1.70 bits per heavy atom. The van der Waals surface area contributed by atoms with Gasteiger partial charge in [0.15, 0.2) is 0 Å². The summed E-state index contributed by atoms with van der Waals surface area (Å²) in [4.78, 5) is 1.12. The summed E-state index contributed by atoms with van der Waals surface area (Å²) in [5.74, 6) is 0. The van der Waals surface area contributed by atoms with Crippen molar-refractivity contribution < 1.29 is 22.5 Å². The molecule has 2 rings (SSSR count). The van der Waals surface area contributed by atoms with Crippen molar-refractivity contribution in [2.24, 2.45) is 0 Å². The lowest BCUT2D eigenvalue weighted by molar-refractivity contribution is -0.0449. The summed E-state index contributed by atoms with van der Waals surface area (Å²) in [5, 5.41) is 0. The second-order valence-electron chi connectivity index (χ2n) is 6.32. The zero-order valence-corrected chi connectivity index (χ0v) is 12.3. The van der Waals surface area contributed by atoms with Crippen LogP contribution in [0.3, 0.4) is 0 Å². The first-order valence-electron chi connectivity index (χ1n) is 6.85. The van der Waals surface area contributed by atoms with E-state index in [0.29, 0.717) is 6.42 Å². The Morgan fingerprint density at radius 1 is 1.15 bits per heavy atom. The van der Waals surface area contributed by atoms with E-state index in [1.165, 1.54) is 0 Å². The fourth-order valence-electron chi connectivity index (χ4n) is 2.29. The average molecular weight is 291 g/mol. The van der Waals surface area contributed by atoms with Crippen molar-refractivity contribution in [2.75, 3.05) is 13.1 Å². The van der Waals surface area contributed by atoms with E-state index in [4.69, 9.17) is 9.31 Å². The summed E-state index contributed by atoms with van der Waals surface area (Å²) in [6.07, 6.45) is -2.96. The largest absolute Gasteiger partial charge is 0.490 e. The second-order valence-corrected chi connectivity index (χ2v) is 6.32. The molecule has 1 fully saturated rings. The Bertz CT molecular complexity index is 385. The maximum atomic E-state index is 13.2. The molecule has 2 aliphatic heterocycles. The maximum absolute atomic E-state index is 13.2. The normalized spacial score (nSPS) is 27.8. The van der Waals surface area contributed by atoms with Gasteiger partial charge in [0.2, 0.25) is 6.30 Å². The van der Waals surface area contributed by atoms with Gasteiger partial charge in [-0.05, 0) is 39.6 Å². The maximum Gasteiger partial charge on any atom is 0.490 e. The molecule has 0 aromatic carbocycles.